The van der Waals surface area contributed by atoms with Crippen LogP contribution < -0.4 is 15.4 Å². The van der Waals surface area contributed by atoms with E-state index in [0.29, 0.717) is 28.6 Å². The maximum atomic E-state index is 12.9. The maximum absolute atomic E-state index is 12.9. The highest BCUT2D eigenvalue weighted by Gasteiger charge is 2.39. The second-order valence-electron chi connectivity index (χ2n) is 8.09. The number of hydrogen-bond acceptors (Lipinski definition) is 4. The van der Waals surface area contributed by atoms with E-state index in [1.807, 2.05) is 48.7 Å². The molecule has 0 saturated carbocycles. The number of nitrogens with one attached hydrogen (secondary N) is 3. The lowest BCUT2D eigenvalue weighted by molar-refractivity contribution is -0.130. The van der Waals surface area contributed by atoms with Crippen molar-refractivity contribution in [2.24, 2.45) is 0 Å². The lowest BCUT2D eigenvalue weighted by Crippen LogP contribution is -2.38. The molecule has 176 valence electrons. The summed E-state index contributed by atoms with van der Waals surface area (Å²) in [6.45, 7) is -0.438. The van der Waals surface area contributed by atoms with E-state index in [2.05, 4.69) is 15.6 Å². The number of fused-ring (bicyclic) bond motifs is 1. The second kappa shape index (κ2) is 9.52. The number of aromatic amines is 1. The Bertz CT molecular complexity index is 1420. The van der Waals surface area contributed by atoms with Gasteiger partial charge >= 0.3 is 6.03 Å². The number of imide groups is 1. The van der Waals surface area contributed by atoms with Crippen molar-refractivity contribution >= 4 is 46.0 Å². The maximum Gasteiger partial charge on any atom is 0.325 e. The van der Waals surface area contributed by atoms with Crippen molar-refractivity contribution in [2.75, 3.05) is 11.9 Å². The zero-order valence-corrected chi connectivity index (χ0v) is 19.2. The van der Waals surface area contributed by atoms with Gasteiger partial charge in [0.15, 0.2) is 5.75 Å². The number of carbonyl (C=O) groups is 3. The Balaban J connectivity index is 1.27. The normalized spacial score (nSPS) is 15.3. The molecular formula is C26H21ClN4O4. The number of rotatable bonds is 7. The molecule has 4 amide bonds. The zero-order chi connectivity index (χ0) is 24.4. The van der Waals surface area contributed by atoms with Crippen LogP contribution in [0.25, 0.3) is 10.9 Å². The summed E-state index contributed by atoms with van der Waals surface area (Å²) in [5.74, 6) is -0.0494. The second-order valence-corrected chi connectivity index (χ2v) is 8.53. The highest BCUT2D eigenvalue weighted by molar-refractivity contribution is 6.31. The molecule has 2 heterocycles. The summed E-state index contributed by atoms with van der Waals surface area (Å²) < 4.78 is 5.85. The smallest absolute Gasteiger partial charge is 0.325 e. The van der Waals surface area contributed by atoms with Crippen LogP contribution in [0.2, 0.25) is 5.02 Å². The van der Waals surface area contributed by atoms with Gasteiger partial charge in [0, 0.05) is 28.5 Å². The van der Waals surface area contributed by atoms with E-state index in [4.69, 9.17) is 16.3 Å². The van der Waals surface area contributed by atoms with E-state index in [9.17, 15) is 14.4 Å². The van der Waals surface area contributed by atoms with Gasteiger partial charge in [-0.25, -0.2) is 4.79 Å². The minimum absolute atomic E-state index is 0.316. The third-order valence-corrected chi connectivity index (χ3v) is 5.93. The third-order valence-electron chi connectivity index (χ3n) is 5.69. The number of para-hydroxylation sites is 2. The van der Waals surface area contributed by atoms with E-state index in [-0.39, 0.29) is 0 Å². The first-order chi connectivity index (χ1) is 17.0. The molecule has 9 heteroatoms. The molecule has 1 aromatic heterocycles. The van der Waals surface area contributed by atoms with Gasteiger partial charge in [0.1, 0.15) is 18.3 Å². The van der Waals surface area contributed by atoms with Gasteiger partial charge in [-0.3, -0.25) is 14.5 Å². The fourth-order valence-electron chi connectivity index (χ4n) is 4.02. The highest BCUT2D eigenvalue weighted by Crippen LogP contribution is 2.32. The van der Waals surface area contributed by atoms with Crippen molar-refractivity contribution in [1.29, 1.82) is 0 Å². The first kappa shape index (κ1) is 22.5. The number of H-pyrrole nitrogens is 1. The molecule has 1 atom stereocenters. The topological polar surface area (TPSA) is 104 Å². The fraction of sp³-hybridized carbons (Fsp3) is 0.115. The van der Waals surface area contributed by atoms with Crippen LogP contribution in [0.5, 0.6) is 11.5 Å². The largest absolute Gasteiger partial charge is 0.455 e. The summed E-state index contributed by atoms with van der Waals surface area (Å²) in [4.78, 5) is 42.3. The molecule has 3 aromatic carbocycles. The highest BCUT2D eigenvalue weighted by atomic mass is 35.5. The minimum atomic E-state index is -0.752. The van der Waals surface area contributed by atoms with E-state index < -0.39 is 30.4 Å². The van der Waals surface area contributed by atoms with Gasteiger partial charge < -0.3 is 20.4 Å². The van der Waals surface area contributed by atoms with E-state index in [0.717, 1.165) is 21.4 Å². The van der Waals surface area contributed by atoms with Crippen molar-refractivity contribution in [2.45, 2.75) is 12.5 Å². The van der Waals surface area contributed by atoms with Crippen molar-refractivity contribution in [3.63, 3.8) is 0 Å². The Hall–Kier alpha value is -4.30. The van der Waals surface area contributed by atoms with Crippen molar-refractivity contribution in [3.05, 3.63) is 89.6 Å². The zero-order valence-electron chi connectivity index (χ0n) is 18.5. The molecule has 3 N–H and O–H groups in total. The summed E-state index contributed by atoms with van der Waals surface area (Å²) in [7, 11) is 0. The molecule has 0 radical (unpaired) electrons. The molecular weight excluding hydrogens is 468 g/mol. The first-order valence-corrected chi connectivity index (χ1v) is 11.3. The Kier molecular flexibility index (Phi) is 6.12. The number of ether oxygens (including phenoxy) is 1. The van der Waals surface area contributed by atoms with Gasteiger partial charge in [-0.05, 0) is 42.0 Å². The minimum Gasteiger partial charge on any atom is -0.455 e. The lowest BCUT2D eigenvalue weighted by Gasteiger charge is -2.15. The molecule has 0 aliphatic carbocycles. The van der Waals surface area contributed by atoms with Gasteiger partial charge in [-0.1, -0.05) is 48.0 Å². The molecule has 0 spiro atoms. The number of benzene rings is 3. The number of amides is 4. The van der Waals surface area contributed by atoms with Crippen molar-refractivity contribution < 1.29 is 19.1 Å². The summed E-state index contributed by atoms with van der Waals surface area (Å²) in [5, 5.41) is 6.76. The fourth-order valence-corrected chi connectivity index (χ4v) is 4.20. The predicted molar refractivity (Wildman–Crippen MR) is 133 cm³/mol. The molecule has 0 bridgehead atoms. The SMILES string of the molecule is O=C(CN1C(=O)NC(Cc2c[nH]c3ccccc23)C1=O)Nc1cc(Cl)ccc1Oc1ccccc1. The van der Waals surface area contributed by atoms with E-state index in [1.165, 1.54) is 0 Å². The Labute approximate surface area is 205 Å². The number of hydrogen-bond donors (Lipinski definition) is 3. The summed E-state index contributed by atoms with van der Waals surface area (Å²) in [5.41, 5.74) is 2.19. The van der Waals surface area contributed by atoms with Crippen LogP contribution in [-0.2, 0) is 16.0 Å². The Morgan fingerprint density at radius 3 is 2.63 bits per heavy atom. The molecule has 1 unspecified atom stereocenters. The third kappa shape index (κ3) is 4.83. The van der Waals surface area contributed by atoms with Gasteiger partial charge in [-0.2, -0.15) is 0 Å². The number of nitrogens with zero attached hydrogens (tertiary/aromatic N) is 1. The van der Waals surface area contributed by atoms with Crippen LogP contribution in [0.1, 0.15) is 5.56 Å². The van der Waals surface area contributed by atoms with Crippen LogP contribution in [-0.4, -0.2) is 40.3 Å². The molecule has 4 aromatic rings. The van der Waals surface area contributed by atoms with Crippen molar-refractivity contribution in [1.82, 2.24) is 15.2 Å². The summed E-state index contributed by atoms with van der Waals surface area (Å²) in [6, 6.07) is 20.3. The van der Waals surface area contributed by atoms with Gasteiger partial charge in [-0.15, -0.1) is 0 Å². The summed E-state index contributed by atoms with van der Waals surface area (Å²) >= 11 is 6.11. The monoisotopic (exact) mass is 488 g/mol. The number of aromatic nitrogens is 1. The van der Waals surface area contributed by atoms with E-state index in [1.54, 1.807) is 30.3 Å². The van der Waals surface area contributed by atoms with Crippen LogP contribution >= 0.6 is 11.6 Å². The Morgan fingerprint density at radius 1 is 1.03 bits per heavy atom. The molecule has 1 fully saturated rings. The first-order valence-electron chi connectivity index (χ1n) is 11.0. The number of carbonyl (C=O) groups excluding carboxylic acids is 3. The quantitative estimate of drug-likeness (QED) is 0.327. The van der Waals surface area contributed by atoms with Crippen LogP contribution in [0, 0.1) is 0 Å². The molecule has 1 aliphatic rings. The summed E-state index contributed by atoms with van der Waals surface area (Å²) in [6.07, 6.45) is 2.14. The van der Waals surface area contributed by atoms with Crippen LogP contribution in [0.3, 0.4) is 0 Å². The van der Waals surface area contributed by atoms with Gasteiger partial charge in [0.05, 0.1) is 5.69 Å². The van der Waals surface area contributed by atoms with Gasteiger partial charge in [0.25, 0.3) is 5.91 Å². The van der Waals surface area contributed by atoms with Crippen LogP contribution in [0.15, 0.2) is 79.0 Å². The molecule has 5 rings (SSSR count). The average molecular weight is 489 g/mol. The lowest BCUT2D eigenvalue weighted by atomic mass is 10.1. The van der Waals surface area contributed by atoms with Gasteiger partial charge in [0.2, 0.25) is 5.91 Å². The Morgan fingerprint density at radius 2 is 1.80 bits per heavy atom. The molecule has 1 aliphatic heterocycles. The molecule has 8 nitrogen and oxygen atoms in total. The molecule has 1 saturated heterocycles. The number of urea groups is 1. The van der Waals surface area contributed by atoms with E-state index >= 15 is 0 Å². The number of halogens is 1. The predicted octanol–water partition coefficient (Wildman–Crippen LogP) is 4.72. The number of anilines is 1. The molecule has 35 heavy (non-hydrogen) atoms. The average Bonchev–Trinajstić information content (AvgIpc) is 3.37. The van der Waals surface area contributed by atoms with Crippen molar-refractivity contribution in [3.8, 4) is 11.5 Å². The van der Waals surface area contributed by atoms with Crippen LogP contribution in [0.4, 0.5) is 10.5 Å². The standard InChI is InChI=1S/C26H21ClN4O4/c27-17-10-11-23(35-18-6-2-1-3-7-18)21(13-17)29-24(32)15-31-25(33)22(30-26(31)34)12-16-14-28-20-9-5-4-8-19(16)20/h1-11,13-14,22,28H,12,15H2,(H,29,32)(H,30,34).